The molecular formula is C19H16GeO. The maximum atomic E-state index is 12.3. The van der Waals surface area contributed by atoms with E-state index in [0.29, 0.717) is 0 Å². The van der Waals surface area contributed by atoms with E-state index in [4.69, 9.17) is 0 Å². The second-order valence-electron chi connectivity index (χ2n) is 5.02. The molecule has 1 nitrogen and oxygen atoms in total. The zero-order valence-electron chi connectivity index (χ0n) is 11.6. The topological polar surface area (TPSA) is 17.1 Å². The molecule has 102 valence electrons. The van der Waals surface area contributed by atoms with E-state index in [0.717, 1.165) is 0 Å². The van der Waals surface area contributed by atoms with Crippen LogP contribution in [0.4, 0.5) is 0 Å². The summed E-state index contributed by atoms with van der Waals surface area (Å²) in [4.78, 5) is 12.3. The third kappa shape index (κ3) is 2.45. The zero-order valence-corrected chi connectivity index (χ0v) is 13.7. The molecule has 3 aromatic carbocycles. The van der Waals surface area contributed by atoms with E-state index < -0.39 is 13.3 Å². The van der Waals surface area contributed by atoms with Gasteiger partial charge in [0.1, 0.15) is 0 Å². The van der Waals surface area contributed by atoms with Gasteiger partial charge in [0.05, 0.1) is 0 Å². The minimum absolute atomic E-state index is 1.17. The Balaban J connectivity index is 2.31. The van der Waals surface area contributed by atoms with Crippen molar-refractivity contribution in [1.82, 2.24) is 0 Å². The quantitative estimate of drug-likeness (QED) is 0.527. The van der Waals surface area contributed by atoms with Crippen molar-refractivity contribution >= 4 is 31.6 Å². The van der Waals surface area contributed by atoms with Crippen LogP contribution in [0.3, 0.4) is 0 Å². The summed E-state index contributed by atoms with van der Waals surface area (Å²) in [6, 6.07) is 30.7. The summed E-state index contributed by atoms with van der Waals surface area (Å²) in [7, 11) is 0. The van der Waals surface area contributed by atoms with E-state index in [9.17, 15) is 4.79 Å². The molecule has 0 heterocycles. The van der Waals surface area contributed by atoms with Gasteiger partial charge in [-0.2, -0.15) is 0 Å². The molecule has 0 N–H and O–H groups in total. The Kier molecular flexibility index (Phi) is 4.02. The van der Waals surface area contributed by atoms with E-state index in [1.807, 2.05) is 54.6 Å². The molecule has 3 aromatic rings. The molecule has 0 atom stereocenters. The Morgan fingerprint density at radius 1 is 0.524 bits per heavy atom. The van der Waals surface area contributed by atoms with Crippen LogP contribution in [0.2, 0.25) is 0 Å². The van der Waals surface area contributed by atoms with Crippen LogP contribution in [0.5, 0.6) is 0 Å². The van der Waals surface area contributed by atoms with Crippen molar-refractivity contribution in [3.63, 3.8) is 0 Å². The van der Waals surface area contributed by atoms with Crippen LogP contribution in [-0.2, 0) is 4.79 Å². The monoisotopic (exact) mass is 334 g/mol. The van der Waals surface area contributed by atoms with Crippen LogP contribution in [0.1, 0.15) is 0 Å². The van der Waals surface area contributed by atoms with E-state index in [2.05, 4.69) is 36.4 Å². The van der Waals surface area contributed by atoms with Gasteiger partial charge in [-0.1, -0.05) is 0 Å². The van der Waals surface area contributed by atoms with Crippen molar-refractivity contribution in [2.24, 2.45) is 0 Å². The molecule has 2 heteroatoms. The first-order valence-corrected chi connectivity index (χ1v) is 11.4. The molecule has 0 aliphatic carbocycles. The molecule has 0 amide bonds. The van der Waals surface area contributed by atoms with Crippen LogP contribution in [-0.4, -0.2) is 18.4 Å². The van der Waals surface area contributed by atoms with Gasteiger partial charge in [0, 0.05) is 0 Å². The number of hydrogen-bond acceptors (Lipinski definition) is 1. The Labute approximate surface area is 127 Å². The van der Waals surface area contributed by atoms with Crippen molar-refractivity contribution < 1.29 is 4.79 Å². The first-order valence-electron chi connectivity index (χ1n) is 7.01. The second-order valence-corrected chi connectivity index (χ2v) is 12.5. The van der Waals surface area contributed by atoms with Gasteiger partial charge >= 0.3 is 127 Å². The van der Waals surface area contributed by atoms with Crippen LogP contribution < -0.4 is 13.2 Å². The van der Waals surface area contributed by atoms with Crippen LogP contribution in [0.25, 0.3) is 0 Å². The average molecular weight is 333 g/mol. The molecule has 0 bridgehead atoms. The normalized spacial score (nSPS) is 11.0. The number of benzene rings is 3. The molecule has 0 spiro atoms. The van der Waals surface area contributed by atoms with Gasteiger partial charge in [-0.05, 0) is 0 Å². The van der Waals surface area contributed by atoms with E-state index in [-0.39, 0.29) is 0 Å². The summed E-state index contributed by atoms with van der Waals surface area (Å²) < 4.78 is 3.51. The van der Waals surface area contributed by atoms with Crippen molar-refractivity contribution in [3.8, 4) is 0 Å². The van der Waals surface area contributed by atoms with Crippen molar-refractivity contribution in [1.29, 1.82) is 0 Å². The molecule has 0 aliphatic rings. The molecule has 0 aliphatic heterocycles. The summed E-state index contributed by atoms with van der Waals surface area (Å²) in [6.45, 7) is 0. The molecule has 0 saturated carbocycles. The molecule has 3 rings (SSSR count). The fourth-order valence-electron chi connectivity index (χ4n) is 2.81. The molecule has 0 saturated heterocycles. The fourth-order valence-corrected chi connectivity index (χ4v) is 10.3. The third-order valence-corrected chi connectivity index (χ3v) is 12.4. The number of hydrogen-bond donors (Lipinski definition) is 0. The second kappa shape index (κ2) is 6.10. The molecule has 0 radical (unpaired) electrons. The Bertz CT molecular complexity index is 612. The van der Waals surface area contributed by atoms with Crippen molar-refractivity contribution in [2.75, 3.05) is 0 Å². The predicted molar refractivity (Wildman–Crippen MR) is 90.7 cm³/mol. The van der Waals surface area contributed by atoms with E-state index in [1.165, 1.54) is 18.3 Å². The van der Waals surface area contributed by atoms with E-state index in [1.54, 1.807) is 0 Å². The predicted octanol–water partition coefficient (Wildman–Crippen LogP) is 1.93. The molecule has 0 unspecified atom stereocenters. The summed E-state index contributed by atoms with van der Waals surface area (Å²) >= 11 is -3.21. The van der Waals surface area contributed by atoms with Gasteiger partial charge in [-0.25, -0.2) is 0 Å². The van der Waals surface area contributed by atoms with Gasteiger partial charge in [0.25, 0.3) is 0 Å². The summed E-state index contributed by atoms with van der Waals surface area (Å²) in [5.41, 5.74) is 0. The number of rotatable bonds is 4. The molecular weight excluding hydrogens is 317 g/mol. The maximum absolute atomic E-state index is 12.3. The number of carbonyl (C=O) groups excluding carboxylic acids is 1. The van der Waals surface area contributed by atoms with Crippen LogP contribution in [0, 0.1) is 0 Å². The summed E-state index contributed by atoms with van der Waals surface area (Å²) in [5.74, 6) is 0. The zero-order chi connectivity index (χ0) is 14.5. The molecule has 21 heavy (non-hydrogen) atoms. The minimum atomic E-state index is -3.21. The Morgan fingerprint density at radius 2 is 0.810 bits per heavy atom. The van der Waals surface area contributed by atoms with Gasteiger partial charge in [0.15, 0.2) is 0 Å². The van der Waals surface area contributed by atoms with Gasteiger partial charge in [-0.3, -0.25) is 0 Å². The van der Waals surface area contributed by atoms with Gasteiger partial charge in [0.2, 0.25) is 0 Å². The van der Waals surface area contributed by atoms with Crippen molar-refractivity contribution in [3.05, 3.63) is 91.0 Å². The fraction of sp³-hybridized carbons (Fsp3) is 0. The van der Waals surface area contributed by atoms with Gasteiger partial charge in [-0.15, -0.1) is 0 Å². The summed E-state index contributed by atoms with van der Waals surface area (Å²) in [6.07, 6.45) is 0. The third-order valence-electron chi connectivity index (χ3n) is 3.86. The number of carbonyl (C=O) groups is 1. The first-order chi connectivity index (χ1) is 10.4. The van der Waals surface area contributed by atoms with Crippen molar-refractivity contribution in [2.45, 2.75) is 0 Å². The molecule has 0 aromatic heterocycles. The van der Waals surface area contributed by atoms with Crippen LogP contribution >= 0.6 is 0 Å². The Hall–Kier alpha value is -2.13. The average Bonchev–Trinajstić information content (AvgIpc) is 2.59. The van der Waals surface area contributed by atoms with Gasteiger partial charge < -0.3 is 0 Å². The SMILES string of the molecule is O=[CH][Ge]([c]1ccccc1)([c]1ccccc1)[c]1ccccc1. The summed E-state index contributed by atoms with van der Waals surface area (Å²) in [5, 5.41) is 1.24. The van der Waals surface area contributed by atoms with Crippen LogP contribution in [0.15, 0.2) is 91.0 Å². The Morgan fingerprint density at radius 3 is 1.05 bits per heavy atom. The first kappa shape index (κ1) is 13.8. The molecule has 0 fully saturated rings. The van der Waals surface area contributed by atoms with E-state index >= 15 is 0 Å². The standard InChI is InChI=1S/C19H16GeO/c21-16-20(17-10-4-1-5-11-17,18-12-6-2-7-13-18)19-14-8-3-9-15-19/h1-16H.